The van der Waals surface area contributed by atoms with E-state index in [1.54, 1.807) is 24.5 Å². The fourth-order valence-electron chi connectivity index (χ4n) is 4.55. The van der Waals surface area contributed by atoms with Crippen molar-refractivity contribution in [3.05, 3.63) is 52.5 Å². The van der Waals surface area contributed by atoms with Crippen LogP contribution in [0.25, 0.3) is 10.9 Å². The average molecular weight is 509 g/mol. The highest BCUT2D eigenvalue weighted by molar-refractivity contribution is 8.01. The maximum absolute atomic E-state index is 15.6. The summed E-state index contributed by atoms with van der Waals surface area (Å²) in [6.07, 6.45) is 3.03. The zero-order valence-corrected chi connectivity index (χ0v) is 21.2. The van der Waals surface area contributed by atoms with Gasteiger partial charge in [0.05, 0.1) is 21.9 Å². The number of ether oxygens (including phenoxy) is 1. The van der Waals surface area contributed by atoms with Crippen LogP contribution in [0.3, 0.4) is 0 Å². The molecule has 2 aromatic heterocycles. The van der Waals surface area contributed by atoms with E-state index in [0.29, 0.717) is 40.1 Å². The van der Waals surface area contributed by atoms with Gasteiger partial charge in [-0.15, -0.1) is 23.1 Å². The zero-order chi connectivity index (χ0) is 23.3. The summed E-state index contributed by atoms with van der Waals surface area (Å²) >= 11 is 10.1. The van der Waals surface area contributed by atoms with Gasteiger partial charge in [0.25, 0.3) is 0 Å². The van der Waals surface area contributed by atoms with Crippen LogP contribution in [0.1, 0.15) is 37.4 Å². The van der Waals surface area contributed by atoms with Crippen LogP contribution in [-0.2, 0) is 0 Å². The molecule has 1 aliphatic rings. The number of nitrogens with zero attached hydrogens (tertiary/aromatic N) is 2. The van der Waals surface area contributed by atoms with Gasteiger partial charge < -0.3 is 14.7 Å². The number of pyridine rings is 1. The molecular formula is C25H30ClFN2O2S2. The summed E-state index contributed by atoms with van der Waals surface area (Å²) in [5, 5.41) is 13.3. The van der Waals surface area contributed by atoms with Crippen molar-refractivity contribution in [1.29, 1.82) is 0 Å². The third-order valence-corrected chi connectivity index (χ3v) is 9.12. The van der Waals surface area contributed by atoms with Crippen molar-refractivity contribution in [3.63, 3.8) is 0 Å². The number of aromatic nitrogens is 1. The predicted octanol–water partition coefficient (Wildman–Crippen LogP) is 6.62. The standard InChI is InChI=1S/C25H30ClFN2O2S2/c1-31-18-4-5-22-19(15-18)24(20(26)16-28-22)21(27)6-7-25(17-30)8-10-29(11-9-25)12-14-33-23-3-2-13-32-23/h2-5,13,15-16,21,30H,6-12,14,17H2,1H3/t21-/m1/s1. The number of thioether (sulfide) groups is 1. The third kappa shape index (κ3) is 6.01. The quantitative estimate of drug-likeness (QED) is 0.312. The van der Waals surface area contributed by atoms with Gasteiger partial charge in [0, 0.05) is 36.1 Å². The second-order valence-electron chi connectivity index (χ2n) is 8.69. The summed E-state index contributed by atoms with van der Waals surface area (Å²) in [5.74, 6) is 1.72. The first kappa shape index (κ1) is 24.7. The molecule has 0 spiro atoms. The Hall–Kier alpha value is -1.38. The van der Waals surface area contributed by atoms with Crippen molar-refractivity contribution in [2.24, 2.45) is 5.41 Å². The van der Waals surface area contributed by atoms with E-state index in [1.807, 2.05) is 23.9 Å². The lowest BCUT2D eigenvalue weighted by atomic mass is 9.74. The van der Waals surface area contributed by atoms with Crippen LogP contribution < -0.4 is 4.74 Å². The van der Waals surface area contributed by atoms with E-state index in [9.17, 15) is 5.11 Å². The Morgan fingerprint density at radius 2 is 2.15 bits per heavy atom. The molecule has 0 radical (unpaired) electrons. The minimum absolute atomic E-state index is 0.0934. The molecule has 0 amide bonds. The summed E-state index contributed by atoms with van der Waals surface area (Å²) in [7, 11) is 1.59. The van der Waals surface area contributed by atoms with Gasteiger partial charge in [0.2, 0.25) is 0 Å². The number of halogens is 2. The second kappa shape index (κ2) is 11.4. The molecule has 4 nitrogen and oxygen atoms in total. The average Bonchev–Trinajstić information content (AvgIpc) is 3.36. The van der Waals surface area contributed by atoms with Gasteiger partial charge in [-0.05, 0) is 73.8 Å². The minimum atomic E-state index is -1.22. The number of alkyl halides is 1. The van der Waals surface area contributed by atoms with Crippen LogP contribution in [0.15, 0.2) is 46.1 Å². The fraction of sp³-hybridized carbons (Fsp3) is 0.480. The lowest BCUT2D eigenvalue weighted by Gasteiger charge is -2.41. The Morgan fingerprint density at radius 1 is 1.33 bits per heavy atom. The lowest BCUT2D eigenvalue weighted by molar-refractivity contribution is 0.0323. The van der Waals surface area contributed by atoms with Crippen LogP contribution >= 0.6 is 34.7 Å². The fourth-order valence-corrected chi connectivity index (χ4v) is 6.68. The molecule has 0 saturated carbocycles. The van der Waals surface area contributed by atoms with Gasteiger partial charge in [-0.3, -0.25) is 4.98 Å². The number of methoxy groups -OCH3 is 1. The van der Waals surface area contributed by atoms with Gasteiger partial charge in [-0.2, -0.15) is 0 Å². The van der Waals surface area contributed by atoms with Gasteiger partial charge in [-0.1, -0.05) is 17.7 Å². The molecule has 178 valence electrons. The molecule has 1 aliphatic heterocycles. The van der Waals surface area contributed by atoms with E-state index >= 15 is 4.39 Å². The predicted molar refractivity (Wildman–Crippen MR) is 137 cm³/mol. The van der Waals surface area contributed by atoms with E-state index in [1.165, 1.54) is 10.4 Å². The van der Waals surface area contributed by atoms with E-state index in [-0.39, 0.29) is 12.0 Å². The van der Waals surface area contributed by atoms with Gasteiger partial charge >= 0.3 is 0 Å². The molecule has 1 N–H and O–H groups in total. The molecule has 4 rings (SSSR count). The van der Waals surface area contributed by atoms with Crippen molar-refractivity contribution in [1.82, 2.24) is 9.88 Å². The van der Waals surface area contributed by atoms with Crippen molar-refractivity contribution >= 4 is 45.6 Å². The second-order valence-corrected chi connectivity index (χ2v) is 11.4. The number of hydrogen-bond acceptors (Lipinski definition) is 6. The Balaban J connectivity index is 1.35. The van der Waals surface area contributed by atoms with E-state index in [2.05, 4.69) is 27.4 Å². The van der Waals surface area contributed by atoms with Gasteiger partial charge in [0.1, 0.15) is 11.9 Å². The summed E-state index contributed by atoms with van der Waals surface area (Å²) in [6, 6.07) is 9.67. The van der Waals surface area contributed by atoms with E-state index in [4.69, 9.17) is 16.3 Å². The minimum Gasteiger partial charge on any atom is -0.497 e. The number of fused-ring (bicyclic) bond motifs is 1. The Kier molecular flexibility index (Phi) is 8.52. The number of thiophene rings is 1. The number of hydrogen-bond donors (Lipinski definition) is 1. The summed E-state index contributed by atoms with van der Waals surface area (Å²) < 4.78 is 22.2. The SMILES string of the molecule is COc1ccc2ncc(Cl)c([C@H](F)CCC3(CO)CCN(CCSc4cccs4)CC3)c2c1. The smallest absolute Gasteiger partial charge is 0.127 e. The lowest BCUT2D eigenvalue weighted by Crippen LogP contribution is -2.42. The van der Waals surface area contributed by atoms with Crippen LogP contribution in [0.2, 0.25) is 5.02 Å². The van der Waals surface area contributed by atoms with Crippen molar-refractivity contribution in [2.75, 3.05) is 39.1 Å². The van der Waals surface area contributed by atoms with E-state index in [0.717, 1.165) is 38.2 Å². The highest BCUT2D eigenvalue weighted by Gasteiger charge is 2.35. The first-order chi connectivity index (χ1) is 16.0. The Bertz CT molecular complexity index is 1040. The maximum atomic E-state index is 15.6. The molecule has 3 heterocycles. The summed E-state index contributed by atoms with van der Waals surface area (Å²) in [4.78, 5) is 6.79. The Labute approximate surface area is 208 Å². The molecule has 1 fully saturated rings. The summed E-state index contributed by atoms with van der Waals surface area (Å²) in [5.41, 5.74) is 0.939. The van der Waals surface area contributed by atoms with Crippen molar-refractivity contribution < 1.29 is 14.2 Å². The number of aliphatic hydroxyl groups is 1. The van der Waals surface area contributed by atoms with Gasteiger partial charge in [-0.25, -0.2) is 4.39 Å². The molecule has 33 heavy (non-hydrogen) atoms. The highest BCUT2D eigenvalue weighted by Crippen LogP contribution is 2.42. The van der Waals surface area contributed by atoms with Crippen LogP contribution in [0.4, 0.5) is 4.39 Å². The topological polar surface area (TPSA) is 45.6 Å². The zero-order valence-electron chi connectivity index (χ0n) is 18.8. The van der Waals surface area contributed by atoms with E-state index < -0.39 is 6.17 Å². The number of aliphatic hydroxyl groups excluding tert-OH is 1. The molecule has 1 saturated heterocycles. The summed E-state index contributed by atoms with van der Waals surface area (Å²) in [6.45, 7) is 3.02. The first-order valence-electron chi connectivity index (χ1n) is 11.3. The molecule has 0 unspecified atom stereocenters. The molecule has 0 bridgehead atoms. The van der Waals surface area contributed by atoms with Crippen molar-refractivity contribution in [2.45, 2.75) is 36.1 Å². The third-order valence-electron chi connectivity index (χ3n) is 6.71. The number of rotatable bonds is 10. The molecule has 1 atom stereocenters. The number of piperidine rings is 1. The highest BCUT2D eigenvalue weighted by atomic mass is 35.5. The van der Waals surface area contributed by atoms with Crippen LogP contribution in [0.5, 0.6) is 5.75 Å². The maximum Gasteiger partial charge on any atom is 0.127 e. The molecule has 3 aromatic rings. The van der Waals surface area contributed by atoms with Crippen LogP contribution in [0, 0.1) is 5.41 Å². The first-order valence-corrected chi connectivity index (χ1v) is 13.5. The number of likely N-dealkylation sites (tertiary alicyclic amines) is 1. The molecule has 0 aliphatic carbocycles. The molecule has 1 aromatic carbocycles. The largest absolute Gasteiger partial charge is 0.497 e. The Morgan fingerprint density at radius 3 is 2.85 bits per heavy atom. The van der Waals surface area contributed by atoms with Crippen molar-refractivity contribution in [3.8, 4) is 5.75 Å². The molecular weight excluding hydrogens is 479 g/mol. The normalized spacial score (nSPS) is 17.3. The molecule has 8 heteroatoms. The van der Waals surface area contributed by atoms with Crippen LogP contribution in [-0.4, -0.2) is 54.1 Å². The monoisotopic (exact) mass is 508 g/mol. The number of benzene rings is 1. The van der Waals surface area contributed by atoms with Gasteiger partial charge in [0.15, 0.2) is 0 Å².